The molecule has 3 aliphatic rings. The Kier molecular flexibility index (Phi) is 5.89. The maximum atomic E-state index is 13.1. The molecule has 1 N–H and O–H groups in total. The molecule has 172 valence electrons. The summed E-state index contributed by atoms with van der Waals surface area (Å²) in [6, 6.07) is 12.6. The summed E-state index contributed by atoms with van der Waals surface area (Å²) in [7, 11) is 2.11. The fraction of sp³-hybridized carbons (Fsp3) is 0.423. The molecule has 1 saturated carbocycles. The summed E-state index contributed by atoms with van der Waals surface area (Å²) >= 11 is 0. The van der Waals surface area contributed by atoms with E-state index >= 15 is 0 Å². The van der Waals surface area contributed by atoms with Gasteiger partial charge < -0.3 is 15.1 Å². The Labute approximate surface area is 194 Å². The van der Waals surface area contributed by atoms with E-state index in [1.165, 1.54) is 4.90 Å². The van der Waals surface area contributed by atoms with E-state index in [1.807, 2.05) is 24.3 Å². The van der Waals surface area contributed by atoms with Gasteiger partial charge in [-0.3, -0.25) is 19.3 Å². The molecule has 0 atom stereocenters. The van der Waals surface area contributed by atoms with Crippen molar-refractivity contribution in [2.24, 2.45) is 0 Å². The second-order valence-corrected chi connectivity index (χ2v) is 9.29. The summed E-state index contributed by atoms with van der Waals surface area (Å²) in [5.74, 6) is -0.778. The maximum absolute atomic E-state index is 13.1. The molecule has 7 heteroatoms. The Bertz CT molecular complexity index is 1080. The zero-order chi connectivity index (χ0) is 22.9. The third-order valence-corrected chi connectivity index (χ3v) is 7.12. The quantitative estimate of drug-likeness (QED) is 0.727. The zero-order valence-electron chi connectivity index (χ0n) is 19.0. The van der Waals surface area contributed by atoms with Crippen LogP contribution in [0.4, 0.5) is 11.4 Å². The van der Waals surface area contributed by atoms with Gasteiger partial charge >= 0.3 is 0 Å². The van der Waals surface area contributed by atoms with Crippen molar-refractivity contribution in [1.29, 1.82) is 0 Å². The van der Waals surface area contributed by atoms with Crippen LogP contribution in [0.1, 0.15) is 63.2 Å². The standard InChI is InChI=1S/C26H30N4O3/c1-28-13-15-29(16-14-28)23-10-6-5-9-22(23)27-24(31)18-11-12-20-21(17-18)26(33)30(25(20)32)19-7-3-2-4-8-19/h5-6,9-12,17,19H,2-4,7-8,13-16H2,1H3,(H,27,31). The van der Waals surface area contributed by atoms with Gasteiger partial charge in [0.2, 0.25) is 0 Å². The number of likely N-dealkylation sites (N-methyl/N-ethyl adjacent to an activating group) is 1. The van der Waals surface area contributed by atoms with Crippen LogP contribution in [0.5, 0.6) is 0 Å². The van der Waals surface area contributed by atoms with Crippen molar-refractivity contribution in [2.45, 2.75) is 38.1 Å². The van der Waals surface area contributed by atoms with E-state index in [9.17, 15) is 14.4 Å². The Morgan fingerprint density at radius 2 is 1.58 bits per heavy atom. The molecule has 7 nitrogen and oxygen atoms in total. The Morgan fingerprint density at radius 3 is 2.33 bits per heavy atom. The van der Waals surface area contributed by atoms with Crippen molar-refractivity contribution in [3.05, 3.63) is 59.2 Å². The lowest BCUT2D eigenvalue weighted by molar-refractivity contribution is 0.0549. The average Bonchev–Trinajstić information content (AvgIpc) is 3.10. The van der Waals surface area contributed by atoms with E-state index in [-0.39, 0.29) is 23.8 Å². The lowest BCUT2D eigenvalue weighted by Crippen LogP contribution is -2.44. The van der Waals surface area contributed by atoms with Crippen LogP contribution >= 0.6 is 0 Å². The number of fused-ring (bicyclic) bond motifs is 1. The number of hydrogen-bond acceptors (Lipinski definition) is 5. The van der Waals surface area contributed by atoms with Gasteiger partial charge in [0.15, 0.2) is 0 Å². The van der Waals surface area contributed by atoms with Gasteiger partial charge in [0.25, 0.3) is 17.7 Å². The van der Waals surface area contributed by atoms with E-state index in [0.717, 1.165) is 69.7 Å². The van der Waals surface area contributed by atoms with E-state index in [1.54, 1.807) is 18.2 Å². The summed E-state index contributed by atoms with van der Waals surface area (Å²) in [5, 5.41) is 3.02. The first kappa shape index (κ1) is 21.6. The number of amides is 3. The number of piperazine rings is 1. The second kappa shape index (κ2) is 8.98. The normalized spacial score (nSPS) is 19.7. The van der Waals surface area contributed by atoms with Crippen molar-refractivity contribution in [1.82, 2.24) is 9.80 Å². The number of imide groups is 1. The molecular weight excluding hydrogens is 416 g/mol. The molecule has 0 aromatic heterocycles. The SMILES string of the molecule is CN1CCN(c2ccccc2NC(=O)c2ccc3c(c2)C(=O)N(C2CCCCC2)C3=O)CC1. The lowest BCUT2D eigenvalue weighted by atomic mass is 9.94. The first-order chi connectivity index (χ1) is 16.0. The number of rotatable bonds is 4. The molecule has 2 heterocycles. The van der Waals surface area contributed by atoms with Crippen LogP contribution in [0, 0.1) is 0 Å². The fourth-order valence-corrected chi connectivity index (χ4v) is 5.17. The molecule has 1 saturated heterocycles. The van der Waals surface area contributed by atoms with Gasteiger partial charge in [-0.25, -0.2) is 0 Å². The van der Waals surface area contributed by atoms with Gasteiger partial charge in [-0.1, -0.05) is 31.4 Å². The van der Waals surface area contributed by atoms with Crippen molar-refractivity contribution < 1.29 is 14.4 Å². The van der Waals surface area contributed by atoms with Crippen LogP contribution in [0.25, 0.3) is 0 Å². The third-order valence-electron chi connectivity index (χ3n) is 7.12. The van der Waals surface area contributed by atoms with Crippen molar-refractivity contribution in [3.63, 3.8) is 0 Å². The number of para-hydroxylation sites is 2. The van der Waals surface area contributed by atoms with Gasteiger partial charge in [-0.05, 0) is 50.2 Å². The molecule has 0 spiro atoms. The van der Waals surface area contributed by atoms with E-state index in [4.69, 9.17) is 0 Å². The lowest BCUT2D eigenvalue weighted by Gasteiger charge is -2.35. The minimum atomic E-state index is -0.282. The zero-order valence-corrected chi connectivity index (χ0v) is 19.0. The summed E-state index contributed by atoms with van der Waals surface area (Å²) in [6.07, 6.45) is 4.96. The average molecular weight is 447 g/mol. The smallest absolute Gasteiger partial charge is 0.261 e. The summed E-state index contributed by atoms with van der Waals surface area (Å²) < 4.78 is 0. The van der Waals surface area contributed by atoms with Gasteiger partial charge in [0, 0.05) is 37.8 Å². The summed E-state index contributed by atoms with van der Waals surface area (Å²) in [4.78, 5) is 45.1. The first-order valence-electron chi connectivity index (χ1n) is 11.9. The molecule has 2 fully saturated rings. The molecule has 5 rings (SSSR count). The highest BCUT2D eigenvalue weighted by atomic mass is 16.2. The molecule has 2 aromatic carbocycles. The molecular formula is C26H30N4O3. The van der Waals surface area contributed by atoms with Crippen LogP contribution in [0.2, 0.25) is 0 Å². The number of carbonyl (C=O) groups is 3. The highest BCUT2D eigenvalue weighted by molar-refractivity contribution is 6.22. The van der Waals surface area contributed by atoms with Crippen LogP contribution in [0.3, 0.4) is 0 Å². The predicted octanol–water partition coefficient (Wildman–Crippen LogP) is 3.62. The van der Waals surface area contributed by atoms with Gasteiger partial charge in [-0.15, -0.1) is 0 Å². The summed E-state index contributed by atoms with van der Waals surface area (Å²) in [5.41, 5.74) is 2.87. The van der Waals surface area contributed by atoms with Gasteiger partial charge in [0.1, 0.15) is 0 Å². The number of nitrogens with one attached hydrogen (secondary N) is 1. The van der Waals surface area contributed by atoms with Gasteiger partial charge in [-0.2, -0.15) is 0 Å². The largest absolute Gasteiger partial charge is 0.367 e. The Morgan fingerprint density at radius 1 is 0.879 bits per heavy atom. The number of nitrogens with zero attached hydrogens (tertiary/aromatic N) is 3. The van der Waals surface area contributed by atoms with Crippen molar-refractivity contribution >= 4 is 29.1 Å². The maximum Gasteiger partial charge on any atom is 0.261 e. The van der Waals surface area contributed by atoms with Crippen LogP contribution in [-0.4, -0.2) is 66.8 Å². The third kappa shape index (κ3) is 4.13. The minimum absolute atomic E-state index is 0.0288. The van der Waals surface area contributed by atoms with Crippen LogP contribution in [-0.2, 0) is 0 Å². The van der Waals surface area contributed by atoms with Crippen molar-refractivity contribution in [3.8, 4) is 0 Å². The molecule has 0 bridgehead atoms. The molecule has 0 radical (unpaired) electrons. The monoisotopic (exact) mass is 446 g/mol. The second-order valence-electron chi connectivity index (χ2n) is 9.29. The fourth-order valence-electron chi connectivity index (χ4n) is 5.17. The number of hydrogen-bond donors (Lipinski definition) is 1. The van der Waals surface area contributed by atoms with E-state index < -0.39 is 0 Å². The number of anilines is 2. The topological polar surface area (TPSA) is 73.0 Å². The Balaban J connectivity index is 1.35. The van der Waals surface area contributed by atoms with Crippen LogP contribution < -0.4 is 10.2 Å². The number of carbonyl (C=O) groups excluding carboxylic acids is 3. The molecule has 1 aliphatic carbocycles. The molecule has 33 heavy (non-hydrogen) atoms. The molecule has 3 amide bonds. The van der Waals surface area contributed by atoms with E-state index in [2.05, 4.69) is 22.2 Å². The first-order valence-corrected chi connectivity index (χ1v) is 11.9. The van der Waals surface area contributed by atoms with Crippen molar-refractivity contribution in [2.75, 3.05) is 43.4 Å². The Hall–Kier alpha value is -3.19. The number of benzene rings is 2. The molecule has 2 aromatic rings. The predicted molar refractivity (Wildman–Crippen MR) is 128 cm³/mol. The van der Waals surface area contributed by atoms with Gasteiger partial charge in [0.05, 0.1) is 22.5 Å². The van der Waals surface area contributed by atoms with Crippen LogP contribution in [0.15, 0.2) is 42.5 Å². The minimum Gasteiger partial charge on any atom is -0.367 e. The molecule has 2 aliphatic heterocycles. The van der Waals surface area contributed by atoms with E-state index in [0.29, 0.717) is 16.7 Å². The summed E-state index contributed by atoms with van der Waals surface area (Å²) in [6.45, 7) is 3.74. The molecule has 0 unspecified atom stereocenters. The highest BCUT2D eigenvalue weighted by Crippen LogP contribution is 2.32. The highest BCUT2D eigenvalue weighted by Gasteiger charge is 2.40.